The van der Waals surface area contributed by atoms with Crippen molar-refractivity contribution in [3.63, 3.8) is 0 Å². The predicted molar refractivity (Wildman–Crippen MR) is 114 cm³/mol. The fourth-order valence-corrected chi connectivity index (χ4v) is 3.33. The topological polar surface area (TPSA) is 91.1 Å². The third-order valence-corrected chi connectivity index (χ3v) is 5.13. The number of amides is 1. The van der Waals surface area contributed by atoms with E-state index in [4.69, 9.17) is 9.15 Å². The normalized spacial score (nSPS) is 16.6. The van der Waals surface area contributed by atoms with Gasteiger partial charge in [0.1, 0.15) is 12.1 Å². The summed E-state index contributed by atoms with van der Waals surface area (Å²) in [5, 5.41) is 12.7. The summed E-state index contributed by atoms with van der Waals surface area (Å²) in [7, 11) is 0. The lowest BCUT2D eigenvalue weighted by Crippen LogP contribution is -2.48. The van der Waals surface area contributed by atoms with Gasteiger partial charge in [-0.25, -0.2) is 9.37 Å². The van der Waals surface area contributed by atoms with Crippen molar-refractivity contribution in [3.05, 3.63) is 47.4 Å². The number of nitrogens with zero attached hydrogens (tertiary/aromatic N) is 3. The molecule has 3 rings (SSSR count). The number of ether oxygens (including phenoxy) is 1. The van der Waals surface area contributed by atoms with Crippen LogP contribution in [0.15, 0.2) is 28.9 Å². The van der Waals surface area contributed by atoms with Gasteiger partial charge in [-0.1, -0.05) is 6.07 Å². The van der Waals surface area contributed by atoms with Crippen molar-refractivity contribution in [2.24, 2.45) is 0 Å². The van der Waals surface area contributed by atoms with Gasteiger partial charge in [-0.2, -0.15) is 0 Å². The van der Waals surface area contributed by atoms with E-state index < -0.39 is 12.0 Å². The van der Waals surface area contributed by atoms with E-state index in [9.17, 15) is 14.3 Å². The molecule has 1 aromatic heterocycles. The number of anilines is 1. The largest absolute Gasteiger partial charge is 0.447 e. The number of aromatic nitrogens is 1. The van der Waals surface area contributed by atoms with Gasteiger partial charge in [0.2, 0.25) is 5.89 Å². The fourth-order valence-electron chi connectivity index (χ4n) is 3.33. The smallest absolute Gasteiger partial charge is 0.277 e. The van der Waals surface area contributed by atoms with Crippen LogP contribution in [0.2, 0.25) is 0 Å². The van der Waals surface area contributed by atoms with E-state index in [2.05, 4.69) is 20.1 Å². The number of rotatable bonds is 9. The summed E-state index contributed by atoms with van der Waals surface area (Å²) in [5.41, 5.74) is 1.04. The number of aryl methyl sites for hydroxylation is 1. The molecule has 1 aromatic carbocycles. The molecule has 31 heavy (non-hydrogen) atoms. The van der Waals surface area contributed by atoms with Gasteiger partial charge in [0, 0.05) is 38.4 Å². The van der Waals surface area contributed by atoms with Crippen LogP contribution in [0.1, 0.15) is 35.8 Å². The average molecular weight is 435 g/mol. The van der Waals surface area contributed by atoms with Gasteiger partial charge in [-0.3, -0.25) is 14.6 Å². The Labute approximate surface area is 182 Å². The first kappa shape index (κ1) is 23.3. The second kappa shape index (κ2) is 10.8. The monoisotopic (exact) mass is 434 g/mol. The highest BCUT2D eigenvalue weighted by atomic mass is 19.1. The van der Waals surface area contributed by atoms with Crippen molar-refractivity contribution >= 4 is 11.6 Å². The Morgan fingerprint density at radius 2 is 2.00 bits per heavy atom. The van der Waals surface area contributed by atoms with Crippen LogP contribution < -0.4 is 5.32 Å². The molecule has 2 aromatic rings. The van der Waals surface area contributed by atoms with Crippen molar-refractivity contribution in [2.75, 3.05) is 44.6 Å². The number of nitrogens with one attached hydrogen (secondary N) is 1. The van der Waals surface area contributed by atoms with Crippen LogP contribution in [-0.2, 0) is 11.3 Å². The molecule has 8 nitrogen and oxygen atoms in total. The molecule has 1 fully saturated rings. The Hall–Kier alpha value is -2.33. The van der Waals surface area contributed by atoms with E-state index in [0.29, 0.717) is 36.8 Å². The highest BCUT2D eigenvalue weighted by Gasteiger charge is 2.21. The number of hydrogen-bond donors (Lipinski definition) is 2. The molecule has 2 heterocycles. The molecule has 1 atom stereocenters. The molecule has 1 saturated heterocycles. The van der Waals surface area contributed by atoms with E-state index in [1.807, 2.05) is 13.8 Å². The SMILES string of the molecule is Cc1ccc(NC(=O)c2coc(CN3CCN(C[C@@H](O)COC(C)C)CC3)n2)cc1F. The lowest BCUT2D eigenvalue weighted by Gasteiger charge is -2.35. The van der Waals surface area contributed by atoms with Crippen LogP contribution in [-0.4, -0.2) is 77.3 Å². The molecule has 0 spiro atoms. The molecule has 1 aliphatic heterocycles. The number of carbonyl (C=O) groups is 1. The third kappa shape index (κ3) is 7.10. The van der Waals surface area contributed by atoms with Crippen LogP contribution >= 0.6 is 0 Å². The quantitative estimate of drug-likeness (QED) is 0.626. The van der Waals surface area contributed by atoms with Gasteiger partial charge in [-0.05, 0) is 38.5 Å². The molecular weight excluding hydrogens is 403 g/mol. The highest BCUT2D eigenvalue weighted by molar-refractivity contribution is 6.02. The number of halogens is 1. The Morgan fingerprint density at radius 3 is 2.68 bits per heavy atom. The molecule has 1 aliphatic rings. The van der Waals surface area contributed by atoms with Crippen LogP contribution in [0.25, 0.3) is 0 Å². The van der Waals surface area contributed by atoms with Crippen molar-refractivity contribution in [1.82, 2.24) is 14.8 Å². The molecule has 0 radical (unpaired) electrons. The Kier molecular flexibility index (Phi) is 8.14. The summed E-state index contributed by atoms with van der Waals surface area (Å²) in [5.74, 6) is -0.363. The van der Waals surface area contributed by atoms with E-state index in [-0.39, 0.29) is 17.6 Å². The van der Waals surface area contributed by atoms with E-state index in [0.717, 1.165) is 26.2 Å². The molecule has 0 bridgehead atoms. The first-order valence-electron chi connectivity index (χ1n) is 10.6. The summed E-state index contributed by atoms with van der Waals surface area (Å²) in [4.78, 5) is 21.0. The minimum Gasteiger partial charge on any atom is -0.447 e. The lowest BCUT2D eigenvalue weighted by atomic mass is 10.2. The zero-order valence-corrected chi connectivity index (χ0v) is 18.3. The van der Waals surface area contributed by atoms with Gasteiger partial charge in [0.25, 0.3) is 5.91 Å². The Balaban J connectivity index is 1.44. The Morgan fingerprint density at radius 1 is 1.29 bits per heavy atom. The van der Waals surface area contributed by atoms with E-state index in [1.54, 1.807) is 19.1 Å². The van der Waals surface area contributed by atoms with Gasteiger partial charge >= 0.3 is 0 Å². The number of β-amino-alcohol motifs (C(OH)–C–C–N with tert-alkyl or cyclic N) is 1. The number of piperazine rings is 1. The van der Waals surface area contributed by atoms with Crippen LogP contribution in [0.4, 0.5) is 10.1 Å². The number of benzene rings is 1. The molecular formula is C22H31FN4O4. The summed E-state index contributed by atoms with van der Waals surface area (Å²) >= 11 is 0. The van der Waals surface area contributed by atoms with Gasteiger partial charge in [0.05, 0.1) is 25.4 Å². The zero-order chi connectivity index (χ0) is 22.4. The number of carbonyl (C=O) groups excluding carboxylic acids is 1. The molecule has 9 heteroatoms. The molecule has 170 valence electrons. The minimum absolute atomic E-state index is 0.109. The van der Waals surface area contributed by atoms with Crippen LogP contribution in [0.5, 0.6) is 0 Å². The van der Waals surface area contributed by atoms with Crippen LogP contribution in [0.3, 0.4) is 0 Å². The molecule has 2 N–H and O–H groups in total. The van der Waals surface area contributed by atoms with Gasteiger partial charge < -0.3 is 19.6 Å². The number of hydrogen-bond acceptors (Lipinski definition) is 7. The molecule has 0 saturated carbocycles. The van der Waals surface area contributed by atoms with Gasteiger partial charge in [-0.15, -0.1) is 0 Å². The zero-order valence-electron chi connectivity index (χ0n) is 18.3. The maximum atomic E-state index is 13.6. The lowest BCUT2D eigenvalue weighted by molar-refractivity contribution is -0.0151. The molecule has 0 aliphatic carbocycles. The maximum absolute atomic E-state index is 13.6. The van der Waals surface area contributed by atoms with Crippen molar-refractivity contribution in [1.29, 1.82) is 0 Å². The fraction of sp³-hybridized carbons (Fsp3) is 0.545. The number of aliphatic hydroxyl groups excluding tert-OH is 1. The van der Waals surface area contributed by atoms with E-state index >= 15 is 0 Å². The third-order valence-electron chi connectivity index (χ3n) is 5.13. The average Bonchev–Trinajstić information content (AvgIpc) is 3.19. The van der Waals surface area contributed by atoms with Crippen molar-refractivity contribution in [2.45, 2.75) is 39.5 Å². The Bertz CT molecular complexity index is 865. The minimum atomic E-state index is -0.497. The number of aliphatic hydroxyl groups is 1. The maximum Gasteiger partial charge on any atom is 0.277 e. The standard InChI is InChI=1S/C22H31FN4O4/c1-15(2)30-13-18(28)11-26-6-8-27(9-7-26)12-21-25-20(14-31-21)22(29)24-17-5-4-16(3)19(23)10-17/h4-5,10,14-15,18,28H,6-9,11-13H2,1-3H3,(H,24,29)/t18-/m1/s1. The second-order valence-corrected chi connectivity index (χ2v) is 8.16. The van der Waals surface area contributed by atoms with E-state index in [1.165, 1.54) is 12.3 Å². The summed E-state index contributed by atoms with van der Waals surface area (Å²) in [6.07, 6.45) is 0.928. The molecule has 0 unspecified atom stereocenters. The summed E-state index contributed by atoms with van der Waals surface area (Å²) < 4.78 is 24.6. The molecule has 1 amide bonds. The van der Waals surface area contributed by atoms with Crippen LogP contribution in [0, 0.1) is 12.7 Å². The first-order chi connectivity index (χ1) is 14.8. The van der Waals surface area contributed by atoms with Crippen molar-refractivity contribution in [3.8, 4) is 0 Å². The highest BCUT2D eigenvalue weighted by Crippen LogP contribution is 2.15. The summed E-state index contributed by atoms with van der Waals surface area (Å²) in [6.45, 7) is 10.3. The predicted octanol–water partition coefficient (Wildman–Crippen LogP) is 2.28. The summed E-state index contributed by atoms with van der Waals surface area (Å²) in [6, 6.07) is 4.53. The first-order valence-corrected chi connectivity index (χ1v) is 10.6. The van der Waals surface area contributed by atoms with Crippen molar-refractivity contribution < 1.29 is 23.4 Å². The second-order valence-electron chi connectivity index (χ2n) is 8.16. The number of oxazole rings is 1. The van der Waals surface area contributed by atoms with Gasteiger partial charge in [0.15, 0.2) is 5.69 Å².